The molecular formula is C106H79BN4. The maximum Gasteiger partial charge on any atom is 0.253 e. The summed E-state index contributed by atoms with van der Waals surface area (Å²) in [7, 11) is 0. The highest BCUT2D eigenvalue weighted by molar-refractivity contribution is 7.02. The van der Waals surface area contributed by atoms with Crippen molar-refractivity contribution in [1.82, 2.24) is 0 Å². The lowest BCUT2D eigenvalue weighted by molar-refractivity contribution is 0.590. The van der Waals surface area contributed by atoms with Gasteiger partial charge in [-0.2, -0.15) is 0 Å². The maximum absolute atomic E-state index is 2.74. The van der Waals surface area contributed by atoms with E-state index in [9.17, 15) is 0 Å². The molecule has 0 fully saturated rings. The molecule has 0 radical (unpaired) electrons. The van der Waals surface area contributed by atoms with Gasteiger partial charge in [-0.05, 0) is 203 Å². The van der Waals surface area contributed by atoms with Gasteiger partial charge in [-0.1, -0.05) is 336 Å². The fourth-order valence-electron chi connectivity index (χ4n) is 17.0. The van der Waals surface area contributed by atoms with Crippen molar-refractivity contribution in [2.24, 2.45) is 0 Å². The van der Waals surface area contributed by atoms with Crippen LogP contribution in [-0.4, -0.2) is 6.71 Å². The molecule has 2 aliphatic heterocycles. The summed E-state index contributed by atoms with van der Waals surface area (Å²) < 4.78 is 0. The Kier molecular flexibility index (Phi) is 17.6. The molecule has 19 rings (SSSR count). The zero-order valence-corrected chi connectivity index (χ0v) is 62.3. The number of nitrogens with zero attached hydrogens (tertiary/aromatic N) is 4. The van der Waals surface area contributed by atoms with Crippen LogP contribution in [0.1, 0.15) is 26.3 Å². The number of hydrogen-bond donors (Lipinski definition) is 0. The maximum atomic E-state index is 2.74. The summed E-state index contributed by atoms with van der Waals surface area (Å²) >= 11 is 0. The van der Waals surface area contributed by atoms with Gasteiger partial charge in [-0.3, -0.25) is 0 Å². The first-order chi connectivity index (χ1) is 54.8. The van der Waals surface area contributed by atoms with Crippen LogP contribution in [0.2, 0.25) is 0 Å². The predicted octanol–water partition coefficient (Wildman–Crippen LogP) is 27.3. The Hall–Kier alpha value is -14.0. The SMILES string of the molecule is CC(C)(C)c1cc2c3c(c1)N(c1c(-c4ccccc4)cc(-c4ccccc4)cc1-c1ccccc1)c1cc(N(c4ccccc4)c4ccccc4)cc(-c4ccccc4)c1B3c1c(-c3ccccc3)cc(N(c3ccccc3)c3ccccc3)cc1N2c1c(-c2ccccc2)cc(-c2ccccc2)cc1-c1ccccc1. The molecule has 0 spiro atoms. The van der Waals surface area contributed by atoms with E-state index < -0.39 is 12.1 Å². The van der Waals surface area contributed by atoms with E-state index in [0.29, 0.717) is 0 Å². The Bertz CT molecular complexity index is 5620. The Morgan fingerprint density at radius 2 is 0.414 bits per heavy atom. The molecule has 0 unspecified atom stereocenters. The van der Waals surface area contributed by atoms with Crippen molar-refractivity contribution in [2.45, 2.75) is 26.2 Å². The second-order valence-corrected chi connectivity index (χ2v) is 29.9. The minimum atomic E-state index is -0.438. The van der Waals surface area contributed by atoms with E-state index in [1.807, 2.05) is 0 Å². The van der Waals surface area contributed by atoms with E-state index in [4.69, 9.17) is 0 Å². The van der Waals surface area contributed by atoms with Gasteiger partial charge in [0.15, 0.2) is 0 Å². The predicted molar refractivity (Wildman–Crippen MR) is 472 cm³/mol. The number of anilines is 12. The minimum Gasteiger partial charge on any atom is -0.310 e. The monoisotopic (exact) mass is 1420 g/mol. The number of benzene rings is 17. The molecule has 0 N–H and O–H groups in total. The first-order valence-corrected chi connectivity index (χ1v) is 38.5. The second kappa shape index (κ2) is 29.0. The summed E-state index contributed by atoms with van der Waals surface area (Å²) in [6, 6.07) is 158. The molecule has 2 aliphatic rings. The van der Waals surface area contributed by atoms with Gasteiger partial charge in [-0.15, -0.1) is 0 Å². The van der Waals surface area contributed by atoms with Gasteiger partial charge in [-0.25, -0.2) is 0 Å². The van der Waals surface area contributed by atoms with Crippen molar-refractivity contribution in [3.05, 3.63) is 430 Å². The van der Waals surface area contributed by atoms with Crippen LogP contribution in [0.25, 0.3) is 89.0 Å². The molecule has 0 atom stereocenters. The molecule has 526 valence electrons. The van der Waals surface area contributed by atoms with Gasteiger partial charge in [0, 0.05) is 79.1 Å². The minimum absolute atomic E-state index is 0.411. The van der Waals surface area contributed by atoms with Gasteiger partial charge >= 0.3 is 0 Å². The smallest absolute Gasteiger partial charge is 0.253 e. The van der Waals surface area contributed by atoms with Crippen LogP contribution in [0.4, 0.5) is 68.2 Å². The molecule has 0 saturated heterocycles. The van der Waals surface area contributed by atoms with Crippen LogP contribution in [-0.2, 0) is 5.41 Å². The van der Waals surface area contributed by atoms with E-state index in [0.717, 1.165) is 157 Å². The van der Waals surface area contributed by atoms with Crippen molar-refractivity contribution in [1.29, 1.82) is 0 Å². The van der Waals surface area contributed by atoms with Gasteiger partial charge in [0.2, 0.25) is 0 Å². The quantitative estimate of drug-likeness (QED) is 0.0894. The number of hydrogen-bond acceptors (Lipinski definition) is 4. The summed E-state index contributed by atoms with van der Waals surface area (Å²) in [6.07, 6.45) is 0. The lowest BCUT2D eigenvalue weighted by Crippen LogP contribution is -2.62. The molecule has 111 heavy (non-hydrogen) atoms. The highest BCUT2D eigenvalue weighted by atomic mass is 15.2. The Labute approximate surface area is 652 Å². The fourth-order valence-corrected chi connectivity index (χ4v) is 17.0. The summed E-state index contributed by atoms with van der Waals surface area (Å²) in [4.78, 5) is 10.4. The molecule has 0 saturated carbocycles. The summed E-state index contributed by atoms with van der Waals surface area (Å²) in [5.41, 5.74) is 34.8. The third-order valence-electron chi connectivity index (χ3n) is 22.1. The van der Waals surface area contributed by atoms with Crippen LogP contribution < -0.4 is 36.0 Å². The van der Waals surface area contributed by atoms with E-state index in [-0.39, 0.29) is 0 Å². The molecule has 17 aromatic rings. The zero-order chi connectivity index (χ0) is 74.4. The summed E-state index contributed by atoms with van der Waals surface area (Å²) in [6.45, 7) is 6.75. The van der Waals surface area contributed by atoms with Gasteiger partial charge in [0.05, 0.1) is 11.4 Å². The summed E-state index contributed by atoms with van der Waals surface area (Å²) in [5.74, 6) is 0. The Morgan fingerprint density at radius 1 is 0.198 bits per heavy atom. The average molecular weight is 1420 g/mol. The Morgan fingerprint density at radius 3 is 0.658 bits per heavy atom. The average Bonchev–Trinajstić information content (AvgIpc) is 0.676. The topological polar surface area (TPSA) is 13.0 Å². The molecule has 0 aromatic heterocycles. The van der Waals surface area contributed by atoms with Crippen molar-refractivity contribution in [3.63, 3.8) is 0 Å². The first kappa shape index (κ1) is 67.6. The summed E-state index contributed by atoms with van der Waals surface area (Å²) in [5, 5.41) is 0. The standard InChI is InChI=1S/C106H79BN4/c1-106(2,3)84-68-97-103-98(69-84)111(105-95(80-52-28-10-29-53-80)66-83(75-42-18-5-19-43-75)67-96(105)81-54-30-11-31-55-81)100-73-90(109(87-60-36-14-37-61-87)88-62-38-15-39-63-88)71-92(77-46-22-7-23-47-77)102(100)107(103)101-91(76-44-20-6-21-45-76)70-89(108(85-56-32-12-33-57-85)86-58-34-13-35-59-86)72-99(101)110(97)104-93(78-48-24-8-25-49-78)64-82(74-40-16-4-17-41-74)65-94(104)79-50-26-9-27-51-79/h4-73H,1-3H3. The van der Waals surface area contributed by atoms with Gasteiger partial charge in [0.1, 0.15) is 0 Å². The van der Waals surface area contributed by atoms with E-state index >= 15 is 0 Å². The van der Waals surface area contributed by atoms with Crippen LogP contribution in [0, 0.1) is 0 Å². The van der Waals surface area contributed by atoms with Gasteiger partial charge in [0.25, 0.3) is 6.71 Å². The fraction of sp³-hybridized carbons (Fsp3) is 0.0377. The molecule has 5 heteroatoms. The molecule has 4 nitrogen and oxygen atoms in total. The number of para-hydroxylation sites is 4. The van der Waals surface area contributed by atoms with Crippen molar-refractivity contribution < 1.29 is 0 Å². The largest absolute Gasteiger partial charge is 0.310 e. The van der Waals surface area contributed by atoms with Crippen LogP contribution in [0.5, 0.6) is 0 Å². The lowest BCUT2D eigenvalue weighted by atomic mass is 9.31. The highest BCUT2D eigenvalue weighted by Crippen LogP contribution is 2.58. The molecular weight excluding hydrogens is 1340 g/mol. The van der Waals surface area contributed by atoms with Crippen molar-refractivity contribution in [3.8, 4) is 89.0 Å². The zero-order valence-electron chi connectivity index (χ0n) is 62.3. The van der Waals surface area contributed by atoms with Gasteiger partial charge < -0.3 is 19.6 Å². The van der Waals surface area contributed by atoms with Crippen LogP contribution in [0.15, 0.2) is 425 Å². The third kappa shape index (κ3) is 12.5. The molecule has 17 aromatic carbocycles. The van der Waals surface area contributed by atoms with Crippen LogP contribution >= 0.6 is 0 Å². The van der Waals surface area contributed by atoms with E-state index in [1.165, 1.54) is 22.0 Å². The molecule has 0 aliphatic carbocycles. The first-order valence-electron chi connectivity index (χ1n) is 38.5. The van der Waals surface area contributed by atoms with Crippen LogP contribution in [0.3, 0.4) is 0 Å². The number of rotatable bonds is 16. The Balaban J connectivity index is 1.06. The molecule has 0 amide bonds. The molecule has 0 bridgehead atoms. The third-order valence-corrected chi connectivity index (χ3v) is 22.1. The van der Waals surface area contributed by atoms with E-state index in [2.05, 4.69) is 465 Å². The normalized spacial score (nSPS) is 12.0. The number of fused-ring (bicyclic) bond motifs is 4. The van der Waals surface area contributed by atoms with Crippen molar-refractivity contribution in [2.75, 3.05) is 19.6 Å². The second-order valence-electron chi connectivity index (χ2n) is 29.9. The van der Waals surface area contributed by atoms with E-state index in [1.54, 1.807) is 0 Å². The van der Waals surface area contributed by atoms with Crippen molar-refractivity contribution >= 4 is 91.3 Å². The molecule has 2 heterocycles. The lowest BCUT2D eigenvalue weighted by Gasteiger charge is -2.48. The highest BCUT2D eigenvalue weighted by Gasteiger charge is 2.49.